The van der Waals surface area contributed by atoms with Crippen LogP contribution < -0.4 is 15.5 Å². The summed E-state index contributed by atoms with van der Waals surface area (Å²) in [7, 11) is 0. The summed E-state index contributed by atoms with van der Waals surface area (Å²) in [4.78, 5) is 42.9. The van der Waals surface area contributed by atoms with E-state index in [2.05, 4.69) is 27.8 Å². The Labute approximate surface area is 257 Å². The molecular weight excluding hydrogens is 595 g/mol. The molecule has 1 aromatic heterocycles. The number of aliphatic carboxylic acids is 1. The predicted octanol–water partition coefficient (Wildman–Crippen LogP) is 8.09. The molecule has 1 saturated carbocycles. The Kier molecular flexibility index (Phi) is 9.62. The van der Waals surface area contributed by atoms with Crippen LogP contribution in [0.1, 0.15) is 65.9 Å². The van der Waals surface area contributed by atoms with E-state index in [1.807, 2.05) is 12.1 Å². The van der Waals surface area contributed by atoms with Gasteiger partial charge in [-0.15, -0.1) is 0 Å². The topological polar surface area (TPSA) is 112 Å². The van der Waals surface area contributed by atoms with E-state index in [-0.39, 0.29) is 31.4 Å². The summed E-state index contributed by atoms with van der Waals surface area (Å²) in [6.07, 6.45) is 5.99. The normalized spacial score (nSPS) is 13.6. The van der Waals surface area contributed by atoms with Gasteiger partial charge in [0.25, 0.3) is 5.91 Å². The maximum atomic E-state index is 13.7. The lowest BCUT2D eigenvalue weighted by atomic mass is 9.84. The number of halogens is 2. The first-order valence-corrected chi connectivity index (χ1v) is 15.4. The van der Waals surface area contributed by atoms with Crippen molar-refractivity contribution >= 4 is 73.5 Å². The van der Waals surface area contributed by atoms with E-state index < -0.39 is 5.97 Å². The molecule has 42 heavy (non-hydrogen) atoms. The molecule has 3 N–H and O–H groups in total. The number of thiazole rings is 1. The van der Waals surface area contributed by atoms with Crippen molar-refractivity contribution in [2.45, 2.75) is 51.0 Å². The van der Waals surface area contributed by atoms with Crippen molar-refractivity contribution in [1.82, 2.24) is 10.3 Å². The molecule has 0 bridgehead atoms. The largest absolute Gasteiger partial charge is 0.481 e. The first kappa shape index (κ1) is 29.8. The molecule has 3 amide bonds. The number of hydrogen-bond donors (Lipinski definition) is 3. The van der Waals surface area contributed by atoms with Gasteiger partial charge in [0, 0.05) is 17.8 Å². The predicted molar refractivity (Wildman–Crippen MR) is 168 cm³/mol. The van der Waals surface area contributed by atoms with Crippen molar-refractivity contribution in [3.8, 4) is 0 Å². The third-order valence-corrected chi connectivity index (χ3v) is 9.29. The monoisotopic (exact) mass is 624 g/mol. The number of carbonyl (C=O) groups excluding carboxylic acids is 2. The first-order chi connectivity index (χ1) is 20.3. The number of nitrogens with one attached hydrogen (secondary N) is 2. The van der Waals surface area contributed by atoms with Crippen LogP contribution in [0.15, 0.2) is 60.7 Å². The Morgan fingerprint density at radius 3 is 2.36 bits per heavy atom. The highest BCUT2D eigenvalue weighted by atomic mass is 35.5. The Morgan fingerprint density at radius 2 is 1.67 bits per heavy atom. The molecule has 0 saturated heterocycles. The average Bonchev–Trinajstić information content (AvgIpc) is 3.41. The Bertz CT molecular complexity index is 1590. The Morgan fingerprint density at radius 1 is 0.952 bits per heavy atom. The average molecular weight is 626 g/mol. The minimum absolute atomic E-state index is 0.0455. The van der Waals surface area contributed by atoms with Crippen molar-refractivity contribution < 1.29 is 19.5 Å². The van der Waals surface area contributed by atoms with Crippen LogP contribution in [-0.2, 0) is 11.3 Å². The highest BCUT2D eigenvalue weighted by Gasteiger charge is 2.21. The van der Waals surface area contributed by atoms with E-state index in [0.717, 1.165) is 11.3 Å². The molecule has 1 aliphatic rings. The van der Waals surface area contributed by atoms with Crippen LogP contribution in [0, 0.1) is 0 Å². The highest BCUT2D eigenvalue weighted by molar-refractivity contribution is 7.23. The maximum absolute atomic E-state index is 13.7. The number of carboxylic acid groups (broad SMARTS) is 1. The van der Waals surface area contributed by atoms with E-state index in [0.29, 0.717) is 36.9 Å². The smallest absolute Gasteiger partial charge is 0.328 e. The molecule has 4 aromatic rings. The van der Waals surface area contributed by atoms with Crippen molar-refractivity contribution in [2.75, 3.05) is 16.8 Å². The van der Waals surface area contributed by atoms with Crippen LogP contribution in [0.3, 0.4) is 0 Å². The van der Waals surface area contributed by atoms with Crippen molar-refractivity contribution in [2.24, 2.45) is 0 Å². The molecule has 8 nitrogen and oxygen atoms in total. The van der Waals surface area contributed by atoms with Crippen LogP contribution in [0.4, 0.5) is 15.6 Å². The standard InChI is InChI=1S/C31H30Cl2N4O4S/c32-24-14-15-25-28(27(24)33)42-30(35-25)36-31(41)37(23-12-10-21(11-13-23)20-4-2-1-3-5-20)18-19-6-8-22(9-7-19)29(40)34-17-16-26(38)39/h6-15,20H,1-5,16-18H2,(H,34,40)(H,38,39)(H,35,36,41). The molecule has 0 atom stereocenters. The molecule has 3 aromatic carbocycles. The summed E-state index contributed by atoms with van der Waals surface area (Å²) < 4.78 is 0.695. The van der Waals surface area contributed by atoms with Crippen LogP contribution >= 0.6 is 34.5 Å². The summed E-state index contributed by atoms with van der Waals surface area (Å²) in [5, 5.41) is 15.5. The van der Waals surface area contributed by atoms with Gasteiger partial charge >= 0.3 is 12.0 Å². The van der Waals surface area contributed by atoms with Gasteiger partial charge in [0.2, 0.25) is 0 Å². The fourth-order valence-corrected chi connectivity index (χ4v) is 6.50. The number of benzene rings is 3. The van der Waals surface area contributed by atoms with Crippen LogP contribution in [0.25, 0.3) is 10.2 Å². The van der Waals surface area contributed by atoms with Gasteiger partial charge in [-0.1, -0.05) is 78.1 Å². The Hall–Kier alpha value is -3.66. The lowest BCUT2D eigenvalue weighted by Gasteiger charge is -2.25. The van der Waals surface area contributed by atoms with Gasteiger partial charge < -0.3 is 10.4 Å². The van der Waals surface area contributed by atoms with Gasteiger partial charge in [-0.2, -0.15) is 0 Å². The fourth-order valence-electron chi connectivity index (χ4n) is 5.12. The van der Waals surface area contributed by atoms with E-state index in [1.165, 1.54) is 49.0 Å². The number of rotatable bonds is 9. The second-order valence-electron chi connectivity index (χ2n) is 10.3. The van der Waals surface area contributed by atoms with Crippen molar-refractivity contribution in [1.29, 1.82) is 0 Å². The van der Waals surface area contributed by atoms with Gasteiger partial charge in [0.15, 0.2) is 5.13 Å². The molecule has 1 fully saturated rings. The number of hydrogen-bond acceptors (Lipinski definition) is 5. The summed E-state index contributed by atoms with van der Waals surface area (Å²) in [6.45, 7) is 0.289. The Balaban J connectivity index is 1.36. The zero-order valence-electron chi connectivity index (χ0n) is 22.7. The number of aromatic nitrogens is 1. The lowest BCUT2D eigenvalue weighted by molar-refractivity contribution is -0.136. The molecule has 1 aliphatic carbocycles. The second kappa shape index (κ2) is 13.5. The number of carbonyl (C=O) groups is 3. The number of fused-ring (bicyclic) bond motifs is 1. The van der Waals surface area contributed by atoms with Gasteiger partial charge in [-0.25, -0.2) is 9.78 Å². The van der Waals surface area contributed by atoms with Gasteiger partial charge in [-0.05, 0) is 66.3 Å². The minimum Gasteiger partial charge on any atom is -0.481 e. The lowest BCUT2D eigenvalue weighted by Crippen LogP contribution is -2.34. The quantitative estimate of drug-likeness (QED) is 0.174. The van der Waals surface area contributed by atoms with E-state index in [4.69, 9.17) is 28.3 Å². The molecular formula is C31H30Cl2N4O4S. The number of urea groups is 1. The van der Waals surface area contributed by atoms with Gasteiger partial charge in [-0.3, -0.25) is 19.8 Å². The number of anilines is 2. The molecule has 0 radical (unpaired) electrons. The third-order valence-electron chi connectivity index (χ3n) is 7.37. The van der Waals surface area contributed by atoms with Gasteiger partial charge in [0.05, 0.1) is 33.2 Å². The molecule has 1 heterocycles. The maximum Gasteiger partial charge on any atom is 0.328 e. The van der Waals surface area contributed by atoms with E-state index in [1.54, 1.807) is 41.3 Å². The van der Waals surface area contributed by atoms with Gasteiger partial charge in [0.1, 0.15) is 0 Å². The van der Waals surface area contributed by atoms with Crippen LogP contribution in [0.2, 0.25) is 10.0 Å². The molecule has 218 valence electrons. The third kappa shape index (κ3) is 7.21. The first-order valence-electron chi connectivity index (χ1n) is 13.8. The molecule has 0 aliphatic heterocycles. The second-order valence-corrected chi connectivity index (χ2v) is 12.1. The number of carboxylic acids is 1. The molecule has 0 spiro atoms. The summed E-state index contributed by atoms with van der Waals surface area (Å²) in [5.41, 5.74) is 3.87. The van der Waals surface area contributed by atoms with Crippen LogP contribution in [0.5, 0.6) is 0 Å². The highest BCUT2D eigenvalue weighted by Crippen LogP contribution is 2.37. The fraction of sp³-hybridized carbons (Fsp3) is 0.290. The van der Waals surface area contributed by atoms with E-state index >= 15 is 0 Å². The molecule has 11 heteroatoms. The minimum atomic E-state index is -0.978. The molecule has 0 unspecified atom stereocenters. The van der Waals surface area contributed by atoms with E-state index in [9.17, 15) is 14.4 Å². The molecule has 5 rings (SSSR count). The summed E-state index contributed by atoms with van der Waals surface area (Å²) >= 11 is 13.8. The zero-order chi connectivity index (χ0) is 29.6. The zero-order valence-corrected chi connectivity index (χ0v) is 25.1. The summed E-state index contributed by atoms with van der Waals surface area (Å²) in [6, 6.07) is 18.1. The number of nitrogens with zero attached hydrogens (tertiary/aromatic N) is 2. The SMILES string of the molecule is O=C(O)CCNC(=O)c1ccc(CN(C(=O)Nc2nc3ccc(Cl)c(Cl)c3s2)c2ccc(C3CCCCC3)cc2)cc1. The van der Waals surface area contributed by atoms with Crippen molar-refractivity contribution in [3.63, 3.8) is 0 Å². The van der Waals surface area contributed by atoms with Crippen LogP contribution in [-0.4, -0.2) is 34.5 Å². The van der Waals surface area contributed by atoms with Crippen molar-refractivity contribution in [3.05, 3.63) is 87.4 Å². The summed E-state index contributed by atoms with van der Waals surface area (Å²) in [5.74, 6) is -0.789. The number of amides is 3.